The van der Waals surface area contributed by atoms with E-state index in [1.165, 1.54) is 16.1 Å². The average Bonchev–Trinajstić information content (AvgIpc) is 3.44. The third-order valence-corrected chi connectivity index (χ3v) is 9.37. The SMILES string of the molecule is NC1C2=C(N=CN1c1ccc(S(=O)(=O)N3CCCC3)cc1)SC(N)N2c1c(Cl)cccc1Cl. The van der Waals surface area contributed by atoms with Gasteiger partial charge >= 0.3 is 0 Å². The summed E-state index contributed by atoms with van der Waals surface area (Å²) in [4.78, 5) is 8.39. The van der Waals surface area contributed by atoms with Crippen LogP contribution in [0.25, 0.3) is 0 Å². The average molecular weight is 525 g/mol. The largest absolute Gasteiger partial charge is 0.311 e. The Morgan fingerprint density at radius 2 is 1.64 bits per heavy atom. The van der Waals surface area contributed by atoms with Gasteiger partial charge in [-0.05, 0) is 49.2 Å². The number of sulfonamides is 1. The fraction of sp³-hybridized carbons (Fsp3) is 0.286. The first kappa shape index (κ1) is 23.0. The Bertz CT molecular complexity index is 1230. The van der Waals surface area contributed by atoms with Gasteiger partial charge in [-0.25, -0.2) is 13.4 Å². The van der Waals surface area contributed by atoms with Crippen molar-refractivity contribution in [2.45, 2.75) is 29.4 Å². The normalized spacial score (nSPS) is 23.5. The van der Waals surface area contributed by atoms with E-state index in [0.29, 0.717) is 45.2 Å². The molecule has 8 nitrogen and oxygen atoms in total. The highest BCUT2D eigenvalue weighted by Gasteiger charge is 2.40. The molecular weight excluding hydrogens is 503 g/mol. The molecule has 1 fully saturated rings. The molecule has 0 saturated carbocycles. The number of para-hydroxylation sites is 1. The lowest BCUT2D eigenvalue weighted by Crippen LogP contribution is -2.50. The monoisotopic (exact) mass is 524 g/mol. The first-order valence-electron chi connectivity index (χ1n) is 10.4. The quantitative estimate of drug-likeness (QED) is 0.628. The van der Waals surface area contributed by atoms with Gasteiger partial charge in [-0.15, -0.1) is 0 Å². The van der Waals surface area contributed by atoms with Crippen LogP contribution in [0.2, 0.25) is 10.0 Å². The van der Waals surface area contributed by atoms with E-state index in [4.69, 9.17) is 34.7 Å². The van der Waals surface area contributed by atoms with Gasteiger partial charge in [0.25, 0.3) is 0 Å². The van der Waals surface area contributed by atoms with Crippen molar-refractivity contribution in [3.8, 4) is 0 Å². The molecule has 174 valence electrons. The minimum atomic E-state index is -3.49. The molecule has 1 saturated heterocycles. The van der Waals surface area contributed by atoms with Crippen molar-refractivity contribution in [3.05, 3.63) is 63.2 Å². The van der Waals surface area contributed by atoms with Crippen molar-refractivity contribution >= 4 is 62.7 Å². The van der Waals surface area contributed by atoms with E-state index >= 15 is 0 Å². The topological polar surface area (TPSA) is 108 Å². The van der Waals surface area contributed by atoms with Crippen molar-refractivity contribution in [2.75, 3.05) is 22.9 Å². The van der Waals surface area contributed by atoms with Gasteiger partial charge in [-0.3, -0.25) is 0 Å². The highest BCUT2D eigenvalue weighted by atomic mass is 35.5. The summed E-state index contributed by atoms with van der Waals surface area (Å²) in [6.45, 7) is 1.12. The summed E-state index contributed by atoms with van der Waals surface area (Å²) in [5, 5.41) is 1.60. The second kappa shape index (κ2) is 8.77. The number of hydrogen-bond acceptors (Lipinski definition) is 8. The number of benzene rings is 2. The molecule has 2 unspecified atom stereocenters. The van der Waals surface area contributed by atoms with Crippen LogP contribution in [0.3, 0.4) is 0 Å². The van der Waals surface area contributed by atoms with Crippen LogP contribution in [0.4, 0.5) is 11.4 Å². The van der Waals surface area contributed by atoms with Gasteiger partial charge < -0.3 is 21.3 Å². The fourth-order valence-electron chi connectivity index (χ4n) is 4.21. The number of aliphatic imine (C=N–C) groups is 1. The van der Waals surface area contributed by atoms with Gasteiger partial charge in [0.15, 0.2) is 0 Å². The number of hydrogen-bond donors (Lipinski definition) is 2. The molecule has 3 aliphatic heterocycles. The van der Waals surface area contributed by atoms with Crippen molar-refractivity contribution in [1.82, 2.24) is 4.31 Å². The minimum absolute atomic E-state index is 0.262. The van der Waals surface area contributed by atoms with Crippen LogP contribution < -0.4 is 21.3 Å². The number of anilines is 2. The molecule has 5 rings (SSSR count). The lowest BCUT2D eigenvalue weighted by Gasteiger charge is -2.36. The van der Waals surface area contributed by atoms with E-state index in [1.54, 1.807) is 53.7 Å². The lowest BCUT2D eigenvalue weighted by atomic mass is 10.2. The molecule has 3 aliphatic rings. The van der Waals surface area contributed by atoms with Gasteiger partial charge in [0.2, 0.25) is 10.0 Å². The summed E-state index contributed by atoms with van der Waals surface area (Å²) in [5.74, 6) is 0. The molecule has 0 spiro atoms. The first-order valence-corrected chi connectivity index (χ1v) is 13.4. The zero-order valence-electron chi connectivity index (χ0n) is 17.4. The zero-order valence-corrected chi connectivity index (χ0v) is 20.6. The summed E-state index contributed by atoms with van der Waals surface area (Å²) in [6, 6.07) is 11.9. The van der Waals surface area contributed by atoms with Gasteiger partial charge in [-0.1, -0.05) is 41.0 Å². The third kappa shape index (κ3) is 3.93. The number of halogens is 2. The summed E-state index contributed by atoms with van der Waals surface area (Å²) in [6.07, 6.45) is 2.78. The van der Waals surface area contributed by atoms with Gasteiger partial charge in [0.05, 0.1) is 32.7 Å². The highest BCUT2D eigenvalue weighted by Crippen LogP contribution is 2.47. The number of nitrogens with two attached hydrogens (primary N) is 2. The van der Waals surface area contributed by atoms with Crippen LogP contribution in [-0.4, -0.2) is 43.8 Å². The molecule has 0 amide bonds. The van der Waals surface area contributed by atoms with Gasteiger partial charge in [0.1, 0.15) is 16.7 Å². The second-order valence-electron chi connectivity index (χ2n) is 7.84. The Hall–Kier alpha value is -1.79. The minimum Gasteiger partial charge on any atom is -0.311 e. The maximum absolute atomic E-state index is 12.8. The van der Waals surface area contributed by atoms with E-state index < -0.39 is 21.7 Å². The Morgan fingerprint density at radius 1 is 1.00 bits per heavy atom. The van der Waals surface area contributed by atoms with E-state index in [9.17, 15) is 8.42 Å². The van der Waals surface area contributed by atoms with Crippen LogP contribution >= 0.6 is 35.0 Å². The van der Waals surface area contributed by atoms with Crippen molar-refractivity contribution < 1.29 is 8.42 Å². The molecular formula is C21H22Cl2N6O2S2. The van der Waals surface area contributed by atoms with Crippen molar-refractivity contribution in [1.29, 1.82) is 0 Å². The van der Waals surface area contributed by atoms with E-state index in [1.807, 2.05) is 4.90 Å². The van der Waals surface area contributed by atoms with Crippen LogP contribution in [-0.2, 0) is 10.0 Å². The van der Waals surface area contributed by atoms with E-state index in [2.05, 4.69) is 4.99 Å². The third-order valence-electron chi connectivity index (χ3n) is 5.86. The summed E-state index contributed by atoms with van der Waals surface area (Å²) < 4.78 is 27.2. The van der Waals surface area contributed by atoms with Crippen molar-refractivity contribution in [2.24, 2.45) is 16.5 Å². The molecule has 0 bridgehead atoms. The fourth-order valence-corrected chi connectivity index (χ4v) is 7.31. The van der Waals surface area contributed by atoms with E-state index in [0.717, 1.165) is 12.8 Å². The maximum Gasteiger partial charge on any atom is 0.243 e. The second-order valence-corrected chi connectivity index (χ2v) is 11.7. The van der Waals surface area contributed by atoms with Crippen LogP contribution in [0.1, 0.15) is 12.8 Å². The summed E-state index contributed by atoms with van der Waals surface area (Å²) in [7, 11) is -3.49. The standard InChI is InChI=1S/C21H22Cl2N6O2S2/c22-15-4-3-5-16(23)17(15)29-18-19(24)28(12-26-20(18)32-21(29)25)13-6-8-14(9-7-13)33(30,31)27-10-1-2-11-27/h3-9,12,19,21H,1-2,10-11,24-25H2. The zero-order chi connectivity index (χ0) is 23.3. The predicted molar refractivity (Wildman–Crippen MR) is 135 cm³/mol. The number of nitrogens with zero attached hydrogens (tertiary/aromatic N) is 4. The molecule has 2 atom stereocenters. The molecule has 2 aromatic rings. The molecule has 12 heteroatoms. The molecule has 33 heavy (non-hydrogen) atoms. The lowest BCUT2D eigenvalue weighted by molar-refractivity contribution is 0.477. The molecule has 3 heterocycles. The highest BCUT2D eigenvalue weighted by molar-refractivity contribution is 8.04. The Kier molecular flexibility index (Phi) is 6.11. The van der Waals surface area contributed by atoms with E-state index in [-0.39, 0.29) is 4.90 Å². The van der Waals surface area contributed by atoms with Gasteiger partial charge in [0, 0.05) is 18.8 Å². The Labute approximate surface area is 206 Å². The Morgan fingerprint density at radius 3 is 2.27 bits per heavy atom. The van der Waals surface area contributed by atoms with Gasteiger partial charge in [-0.2, -0.15) is 4.31 Å². The molecule has 4 N–H and O–H groups in total. The first-order chi connectivity index (χ1) is 15.8. The molecule has 0 aromatic heterocycles. The molecule has 2 aromatic carbocycles. The predicted octanol–water partition coefficient (Wildman–Crippen LogP) is 3.58. The van der Waals surface area contributed by atoms with Crippen molar-refractivity contribution in [3.63, 3.8) is 0 Å². The van der Waals surface area contributed by atoms with Crippen LogP contribution in [0, 0.1) is 0 Å². The smallest absolute Gasteiger partial charge is 0.243 e. The molecule has 0 radical (unpaired) electrons. The molecule has 0 aliphatic carbocycles. The number of thioether (sulfide) groups is 1. The summed E-state index contributed by atoms with van der Waals surface area (Å²) in [5.41, 5.74) is 14.5. The Balaban J connectivity index is 1.45. The van der Waals surface area contributed by atoms with Crippen LogP contribution in [0.15, 0.2) is 63.1 Å². The summed E-state index contributed by atoms with van der Waals surface area (Å²) >= 11 is 14.3. The number of rotatable bonds is 4. The van der Waals surface area contributed by atoms with Crippen LogP contribution in [0.5, 0.6) is 0 Å². The maximum atomic E-state index is 12.8.